The van der Waals surface area contributed by atoms with Crippen LogP contribution in [-0.2, 0) is 11.3 Å². The molecule has 0 bridgehead atoms. The maximum absolute atomic E-state index is 10.9. The average Bonchev–Trinajstić information content (AvgIpc) is 2.37. The van der Waals surface area contributed by atoms with Gasteiger partial charge in [-0.3, -0.25) is 9.69 Å². The van der Waals surface area contributed by atoms with E-state index in [1.807, 2.05) is 36.1 Å². The lowest BCUT2D eigenvalue weighted by Crippen LogP contribution is -2.36. The van der Waals surface area contributed by atoms with Gasteiger partial charge in [-0.1, -0.05) is 25.1 Å². The lowest BCUT2D eigenvalue weighted by Gasteiger charge is -2.27. The molecule has 4 heteroatoms. The summed E-state index contributed by atoms with van der Waals surface area (Å²) in [6, 6.07) is 7.94. The second-order valence-electron chi connectivity index (χ2n) is 4.37. The molecule has 0 aliphatic heterocycles. The van der Waals surface area contributed by atoms with Crippen molar-refractivity contribution in [3.8, 4) is 5.75 Å². The molecule has 0 spiro atoms. The van der Waals surface area contributed by atoms with E-state index in [2.05, 4.69) is 6.92 Å². The Balaban J connectivity index is 2.84. The molecule has 0 saturated heterocycles. The number of benzene rings is 1. The van der Waals surface area contributed by atoms with Crippen molar-refractivity contribution in [3.63, 3.8) is 0 Å². The first-order valence-electron chi connectivity index (χ1n) is 6.16. The van der Waals surface area contributed by atoms with E-state index in [9.17, 15) is 4.79 Å². The SMILES string of the molecule is CCC(C)N(CC(=O)O)Cc1ccccc1OC. The number of carboxylic acids is 1. The molecule has 0 fully saturated rings. The first-order chi connectivity index (χ1) is 8.58. The van der Waals surface area contributed by atoms with E-state index in [0.29, 0.717) is 6.54 Å². The second-order valence-corrected chi connectivity index (χ2v) is 4.37. The molecule has 1 atom stereocenters. The van der Waals surface area contributed by atoms with Crippen LogP contribution in [0.25, 0.3) is 0 Å². The van der Waals surface area contributed by atoms with Crippen molar-refractivity contribution in [3.05, 3.63) is 29.8 Å². The highest BCUT2D eigenvalue weighted by Gasteiger charge is 2.17. The van der Waals surface area contributed by atoms with Crippen LogP contribution >= 0.6 is 0 Å². The third-order valence-corrected chi connectivity index (χ3v) is 3.12. The molecule has 18 heavy (non-hydrogen) atoms. The zero-order chi connectivity index (χ0) is 13.5. The molecule has 1 aromatic carbocycles. The summed E-state index contributed by atoms with van der Waals surface area (Å²) in [7, 11) is 1.63. The molecule has 0 aliphatic rings. The maximum atomic E-state index is 10.9. The standard InChI is InChI=1S/C14H21NO3/c1-4-11(2)15(10-14(16)17)9-12-7-5-6-8-13(12)18-3/h5-8,11H,4,9-10H2,1-3H3,(H,16,17). The Morgan fingerprint density at radius 2 is 2.11 bits per heavy atom. The number of nitrogens with zero attached hydrogens (tertiary/aromatic N) is 1. The first kappa shape index (κ1) is 14.5. The molecule has 0 heterocycles. The van der Waals surface area contributed by atoms with Crippen LogP contribution in [0.3, 0.4) is 0 Å². The first-order valence-corrected chi connectivity index (χ1v) is 6.16. The van der Waals surface area contributed by atoms with Crippen molar-refractivity contribution in [2.75, 3.05) is 13.7 Å². The van der Waals surface area contributed by atoms with Gasteiger partial charge in [0, 0.05) is 18.2 Å². The highest BCUT2D eigenvalue weighted by Crippen LogP contribution is 2.20. The Hall–Kier alpha value is -1.55. The van der Waals surface area contributed by atoms with Gasteiger partial charge in [-0.05, 0) is 19.4 Å². The van der Waals surface area contributed by atoms with Crippen molar-refractivity contribution >= 4 is 5.97 Å². The van der Waals surface area contributed by atoms with Gasteiger partial charge in [0.2, 0.25) is 0 Å². The number of aliphatic carboxylic acids is 1. The minimum atomic E-state index is -0.801. The molecule has 4 nitrogen and oxygen atoms in total. The third-order valence-electron chi connectivity index (χ3n) is 3.12. The van der Waals surface area contributed by atoms with Crippen molar-refractivity contribution in [2.24, 2.45) is 0 Å². The second kappa shape index (κ2) is 7.01. The Labute approximate surface area is 108 Å². The van der Waals surface area contributed by atoms with Gasteiger partial charge in [-0.25, -0.2) is 0 Å². The fourth-order valence-electron chi connectivity index (χ4n) is 1.85. The predicted octanol–water partition coefficient (Wildman–Crippen LogP) is 2.38. The summed E-state index contributed by atoms with van der Waals surface area (Å²) >= 11 is 0. The summed E-state index contributed by atoms with van der Waals surface area (Å²) < 4.78 is 5.29. The van der Waals surface area contributed by atoms with E-state index in [0.717, 1.165) is 17.7 Å². The number of carbonyl (C=O) groups is 1. The quantitative estimate of drug-likeness (QED) is 0.808. The number of methoxy groups -OCH3 is 1. The average molecular weight is 251 g/mol. The lowest BCUT2D eigenvalue weighted by atomic mass is 10.1. The molecule has 0 radical (unpaired) electrons. The van der Waals surface area contributed by atoms with Gasteiger partial charge in [0.05, 0.1) is 13.7 Å². The van der Waals surface area contributed by atoms with Crippen LogP contribution in [0.1, 0.15) is 25.8 Å². The minimum absolute atomic E-state index is 0.0487. The van der Waals surface area contributed by atoms with Crippen LogP contribution in [0.15, 0.2) is 24.3 Å². The molecular formula is C14H21NO3. The molecule has 1 N–H and O–H groups in total. The van der Waals surface area contributed by atoms with Crippen molar-refractivity contribution in [2.45, 2.75) is 32.9 Å². The molecule has 1 rings (SSSR count). The Bertz CT molecular complexity index is 392. The molecule has 1 unspecified atom stereocenters. The van der Waals surface area contributed by atoms with E-state index in [1.54, 1.807) is 7.11 Å². The number of carboxylic acid groups (broad SMARTS) is 1. The molecule has 1 aromatic rings. The summed E-state index contributed by atoms with van der Waals surface area (Å²) in [5, 5.41) is 8.96. The molecule has 0 saturated carbocycles. The van der Waals surface area contributed by atoms with Crippen LogP contribution < -0.4 is 4.74 Å². The normalized spacial score (nSPS) is 12.4. The summed E-state index contributed by atoms with van der Waals surface area (Å²) in [5.41, 5.74) is 1.02. The largest absolute Gasteiger partial charge is 0.496 e. The fourth-order valence-corrected chi connectivity index (χ4v) is 1.85. The zero-order valence-electron chi connectivity index (χ0n) is 11.2. The van der Waals surface area contributed by atoms with E-state index in [-0.39, 0.29) is 12.6 Å². The van der Waals surface area contributed by atoms with Crippen molar-refractivity contribution < 1.29 is 14.6 Å². The van der Waals surface area contributed by atoms with Crippen molar-refractivity contribution in [1.29, 1.82) is 0 Å². The lowest BCUT2D eigenvalue weighted by molar-refractivity contribution is -0.139. The molecule has 0 aromatic heterocycles. The summed E-state index contributed by atoms with van der Waals surface area (Å²) in [6.45, 7) is 4.73. The summed E-state index contributed by atoms with van der Waals surface area (Å²) in [6.07, 6.45) is 0.919. The van der Waals surface area contributed by atoms with Gasteiger partial charge in [0.25, 0.3) is 0 Å². The number of rotatable bonds is 7. The van der Waals surface area contributed by atoms with Crippen molar-refractivity contribution in [1.82, 2.24) is 4.90 Å². The minimum Gasteiger partial charge on any atom is -0.496 e. The highest BCUT2D eigenvalue weighted by molar-refractivity contribution is 5.69. The third kappa shape index (κ3) is 4.04. The Morgan fingerprint density at radius 3 is 2.67 bits per heavy atom. The summed E-state index contributed by atoms with van der Waals surface area (Å²) in [4.78, 5) is 12.8. The van der Waals surface area contributed by atoms with Crippen LogP contribution in [0.4, 0.5) is 0 Å². The maximum Gasteiger partial charge on any atom is 0.317 e. The Morgan fingerprint density at radius 1 is 1.44 bits per heavy atom. The monoisotopic (exact) mass is 251 g/mol. The topological polar surface area (TPSA) is 49.8 Å². The number of hydrogen-bond donors (Lipinski definition) is 1. The molecular weight excluding hydrogens is 230 g/mol. The number of ether oxygens (including phenoxy) is 1. The van der Waals surface area contributed by atoms with Gasteiger partial charge in [0.15, 0.2) is 0 Å². The predicted molar refractivity (Wildman–Crippen MR) is 70.8 cm³/mol. The van der Waals surface area contributed by atoms with E-state index >= 15 is 0 Å². The van der Waals surface area contributed by atoms with Gasteiger partial charge >= 0.3 is 5.97 Å². The summed E-state index contributed by atoms with van der Waals surface area (Å²) in [5.74, 6) is 0.00129. The van der Waals surface area contributed by atoms with Crippen LogP contribution in [-0.4, -0.2) is 35.7 Å². The fraction of sp³-hybridized carbons (Fsp3) is 0.500. The number of para-hydroxylation sites is 1. The van der Waals surface area contributed by atoms with Crippen LogP contribution in [0, 0.1) is 0 Å². The van der Waals surface area contributed by atoms with Crippen LogP contribution in [0.5, 0.6) is 5.75 Å². The molecule has 0 aliphatic carbocycles. The van der Waals surface area contributed by atoms with Crippen LogP contribution in [0.2, 0.25) is 0 Å². The van der Waals surface area contributed by atoms with E-state index < -0.39 is 5.97 Å². The van der Waals surface area contributed by atoms with E-state index in [1.165, 1.54) is 0 Å². The molecule has 100 valence electrons. The van der Waals surface area contributed by atoms with Gasteiger partial charge in [0.1, 0.15) is 5.75 Å². The Kier molecular flexibility index (Phi) is 5.65. The highest BCUT2D eigenvalue weighted by atomic mass is 16.5. The van der Waals surface area contributed by atoms with Gasteiger partial charge < -0.3 is 9.84 Å². The van der Waals surface area contributed by atoms with Gasteiger partial charge in [-0.2, -0.15) is 0 Å². The zero-order valence-corrected chi connectivity index (χ0v) is 11.2. The van der Waals surface area contributed by atoms with E-state index in [4.69, 9.17) is 9.84 Å². The molecule has 0 amide bonds. The van der Waals surface area contributed by atoms with Gasteiger partial charge in [-0.15, -0.1) is 0 Å². The number of hydrogen-bond acceptors (Lipinski definition) is 3. The smallest absolute Gasteiger partial charge is 0.317 e.